The van der Waals surface area contributed by atoms with Crippen LogP contribution in [0.15, 0.2) is 146 Å². The molecule has 0 amide bonds. The Kier molecular flexibility index (Phi) is 35.1. The number of benzene rings is 8. The van der Waals surface area contributed by atoms with Crippen LogP contribution in [0, 0.1) is 85.0 Å². The normalized spacial score (nSPS) is 24.6. The molecule has 0 radical (unpaired) electrons. The highest BCUT2D eigenvalue weighted by Crippen LogP contribution is 2.40. The van der Waals surface area contributed by atoms with E-state index in [1.165, 1.54) is 99.4 Å². The Bertz CT molecular complexity index is 4080. The number of ether oxygens (including phenoxy) is 8. The minimum atomic E-state index is -3.03. The first kappa shape index (κ1) is 92.0. The largest absolute Gasteiger partial charge is 0.493 e. The highest BCUT2D eigenvalue weighted by Gasteiger charge is 2.43. The smallest absolute Gasteiger partial charge is 0.400 e. The van der Waals surface area contributed by atoms with E-state index >= 15 is 0 Å². The molecule has 10 heterocycles. The molecule has 0 aromatic heterocycles. The molecule has 2 fully saturated rings. The molecule has 0 aliphatic carbocycles. The van der Waals surface area contributed by atoms with Crippen molar-refractivity contribution in [3.05, 3.63) is 251 Å². The van der Waals surface area contributed by atoms with E-state index in [-0.39, 0.29) is 24.0 Å². The fourth-order valence-electron chi connectivity index (χ4n) is 16.0. The molecule has 10 aliphatic heterocycles. The molecule has 8 aromatic rings. The molecule has 2 saturated heterocycles. The molecule has 116 heavy (non-hydrogen) atoms. The van der Waals surface area contributed by atoms with Crippen LogP contribution in [-0.2, 0) is 83.6 Å². The van der Waals surface area contributed by atoms with Crippen molar-refractivity contribution in [2.75, 3.05) is 6.61 Å². The van der Waals surface area contributed by atoms with Gasteiger partial charge in [0.15, 0.2) is 0 Å². The summed E-state index contributed by atoms with van der Waals surface area (Å²) in [5.74, 6) is 6.10. The first-order chi connectivity index (χ1) is 55.2. The van der Waals surface area contributed by atoms with Crippen molar-refractivity contribution in [3.63, 3.8) is 0 Å². The van der Waals surface area contributed by atoms with Gasteiger partial charge in [-0.15, -0.1) is 0 Å². The minimum Gasteiger partial charge on any atom is -0.493 e. The fraction of sp³-hybridized carbons (Fsp3) is 0.510. The van der Waals surface area contributed by atoms with Crippen molar-refractivity contribution in [1.29, 1.82) is 0 Å². The van der Waals surface area contributed by atoms with Crippen LogP contribution in [0.5, 0.6) is 28.7 Å². The van der Waals surface area contributed by atoms with Crippen LogP contribution in [-0.4, -0.2) is 74.2 Å². The summed E-state index contributed by atoms with van der Waals surface area (Å²) in [6.07, 6.45) is 14.6. The number of rotatable bonds is 0. The third kappa shape index (κ3) is 29.3. The van der Waals surface area contributed by atoms with Crippen molar-refractivity contribution in [2.24, 2.45) is 29.6 Å². The number of carbonyl (C=O) groups excluding carboxylic acids is 2. The molecule has 10 nitrogen and oxygen atoms in total. The molecule has 18 rings (SSSR count). The van der Waals surface area contributed by atoms with Gasteiger partial charge in [0.25, 0.3) is 0 Å². The Morgan fingerprint density at radius 2 is 0.741 bits per heavy atom. The van der Waals surface area contributed by atoms with Crippen molar-refractivity contribution < 1.29 is 56.3 Å². The van der Waals surface area contributed by atoms with Crippen molar-refractivity contribution >= 4 is 31.0 Å². The number of fused-ring (bicyclic) bond motifs is 8. The average molecular weight is 1620 g/mol. The topological polar surface area (TPSA) is 108 Å². The lowest BCUT2D eigenvalue weighted by molar-refractivity contribution is -0.219. The molecular formula is C102H138F2O10Si2. The Morgan fingerprint density at radius 3 is 1.21 bits per heavy atom. The van der Waals surface area contributed by atoms with Gasteiger partial charge in [-0.05, 0) is 274 Å². The molecule has 14 heteroatoms. The molecule has 10 aliphatic rings. The lowest BCUT2D eigenvalue weighted by Crippen LogP contribution is -2.37. The Balaban J connectivity index is 0.000000148. The second kappa shape index (κ2) is 44.2. The maximum atomic E-state index is 13.2. The molecule has 0 saturated carbocycles. The van der Waals surface area contributed by atoms with Gasteiger partial charge in [0.1, 0.15) is 34.9 Å². The number of halogens is 2. The summed E-state index contributed by atoms with van der Waals surface area (Å²) in [5, 5.41) is 0. The van der Waals surface area contributed by atoms with Gasteiger partial charge in [0, 0.05) is 25.5 Å². The minimum absolute atomic E-state index is 0.00444. The van der Waals surface area contributed by atoms with E-state index in [1.54, 1.807) is 18.2 Å². The SMILES string of the molecule is CC1CCC(C)[SiH2]C1.CC1CCC(C)[SiH2]C1.Cc1ccc2c(c1)C(=O)OC(C)C2.Cc1ccc2c(c1)CCC(C)O2.Cc1ccc2c(c1)CCC(C)O2.Cc1ccc2c(c1)COC(C)C2.Cc1ccc2c(c1)COC(C)C2.Cc1ccc2c(c1)OC(=O)C(C)C2.Cc1ccc2c(c1)OC(F)(F)C(C)C2.Cc1ccc2c(c1)OCC(C)C2. The first-order valence-corrected chi connectivity index (χ1v) is 47.2. The van der Waals surface area contributed by atoms with Crippen LogP contribution < -0.4 is 23.7 Å². The average Bonchev–Trinajstić information content (AvgIpc) is 0.818. The maximum absolute atomic E-state index is 13.2. The van der Waals surface area contributed by atoms with E-state index < -0.39 is 12.0 Å². The second-order valence-electron chi connectivity index (χ2n) is 35.9. The molecule has 0 spiro atoms. The fourth-order valence-corrected chi connectivity index (χ4v) is 19.9. The standard InChI is InChI=1S/C11H12F2O.2C11H12O2.5C11H14O.2C7H16Si/c1-7-3-4-9-6-8(2)11(12,13)14-10(9)5-7;1-7-3-4-9-6-8(2)13-11(12)10(9)5-7;1-7-3-4-9-6-8(2)11(12)13-10(9)5-7;2*1-8-3-6-11-10(7-8)5-4-9(2)12-11;1-8-3-4-10-5-9(2)7-12-11(10)6-8;2*1-8-3-4-10-6-9(2)12-7-11(10)5-8;2*1-6-3-4-7(2)8-5-6/h3-5,8H,6H2,1-2H3;2*3-5,8H,6H2,1-2H3;2*3,6-7,9H,4-5H2,1-2H3;3-4,6,9H,5,7H2,1-2H3;2*3-5,9H,6-7H2,1-2H3;2*6-7H,3-5,8H2,1-2H3. The highest BCUT2D eigenvalue weighted by molar-refractivity contribution is 6.38. The Labute approximate surface area is 700 Å². The summed E-state index contributed by atoms with van der Waals surface area (Å²) in [5.41, 5.74) is 25.7. The van der Waals surface area contributed by atoms with Gasteiger partial charge in [0.05, 0.1) is 61.6 Å². The molecule has 8 aromatic carbocycles. The van der Waals surface area contributed by atoms with E-state index in [1.807, 2.05) is 83.1 Å². The van der Waals surface area contributed by atoms with E-state index in [0.29, 0.717) is 61.5 Å². The number of aryl methyl sites for hydroxylation is 10. The van der Waals surface area contributed by atoms with Gasteiger partial charge >= 0.3 is 18.0 Å². The van der Waals surface area contributed by atoms with Gasteiger partial charge < -0.3 is 37.9 Å². The number of hydrogen-bond acceptors (Lipinski definition) is 10. The third-order valence-corrected chi connectivity index (χ3v) is 29.1. The summed E-state index contributed by atoms with van der Waals surface area (Å²) in [7, 11) is 0.771. The number of alkyl halides is 2. The summed E-state index contributed by atoms with van der Waals surface area (Å²) < 4.78 is 69.5. The zero-order valence-electron chi connectivity index (χ0n) is 74.0. The third-order valence-electron chi connectivity index (χ3n) is 23.7. The van der Waals surface area contributed by atoms with Crippen molar-refractivity contribution in [1.82, 2.24) is 0 Å². The first-order valence-electron chi connectivity index (χ1n) is 43.6. The highest BCUT2D eigenvalue weighted by atomic mass is 28.2. The van der Waals surface area contributed by atoms with Crippen molar-refractivity contribution in [2.45, 2.75) is 301 Å². The van der Waals surface area contributed by atoms with Gasteiger partial charge in [-0.3, -0.25) is 4.79 Å². The van der Waals surface area contributed by atoms with E-state index in [9.17, 15) is 18.4 Å². The second-order valence-corrected chi connectivity index (χ2v) is 41.0. The lowest BCUT2D eigenvalue weighted by atomic mass is 9.96. The van der Waals surface area contributed by atoms with Crippen LogP contribution in [0.3, 0.4) is 0 Å². The van der Waals surface area contributed by atoms with Gasteiger partial charge in [-0.1, -0.05) is 234 Å². The molecule has 0 N–H and O–H groups in total. The van der Waals surface area contributed by atoms with Crippen LogP contribution in [0.4, 0.5) is 8.78 Å². The number of esters is 2. The van der Waals surface area contributed by atoms with Gasteiger partial charge in [-0.2, -0.15) is 8.78 Å². The number of cyclic esters (lactones) is 1. The van der Waals surface area contributed by atoms with Crippen molar-refractivity contribution in [3.8, 4) is 28.7 Å². The summed E-state index contributed by atoms with van der Waals surface area (Å²) in [6.45, 7) is 44.6. The Morgan fingerprint density at radius 1 is 0.345 bits per heavy atom. The lowest BCUT2D eigenvalue weighted by Gasteiger charge is -2.30. The maximum Gasteiger partial charge on any atom is 0.400 e. The molecule has 628 valence electrons. The van der Waals surface area contributed by atoms with Crippen LogP contribution in [0.25, 0.3) is 0 Å². The molecule has 12 atom stereocenters. The monoisotopic (exact) mass is 1620 g/mol. The van der Waals surface area contributed by atoms with E-state index in [2.05, 4.69) is 193 Å². The predicted molar refractivity (Wildman–Crippen MR) is 478 cm³/mol. The van der Waals surface area contributed by atoms with Gasteiger partial charge in [0.2, 0.25) is 0 Å². The number of carbonyl (C=O) groups is 2. The Hall–Kier alpha value is -7.89. The number of hydrogen-bond donors (Lipinski definition) is 0. The molecular weight excluding hydrogens is 1480 g/mol. The molecule has 12 unspecified atom stereocenters. The zero-order valence-corrected chi connectivity index (χ0v) is 76.8. The van der Waals surface area contributed by atoms with E-state index in [4.69, 9.17) is 33.2 Å². The summed E-state index contributed by atoms with van der Waals surface area (Å²) in [6, 6.07) is 53.1. The van der Waals surface area contributed by atoms with Crippen LogP contribution >= 0.6 is 0 Å². The van der Waals surface area contributed by atoms with E-state index in [0.717, 1.165) is 162 Å². The van der Waals surface area contributed by atoms with Crippen LogP contribution in [0.2, 0.25) is 23.2 Å². The predicted octanol–water partition coefficient (Wildman–Crippen LogP) is 23.9. The van der Waals surface area contributed by atoms with Gasteiger partial charge in [-0.25, -0.2) is 4.79 Å². The summed E-state index contributed by atoms with van der Waals surface area (Å²) in [4.78, 5) is 22.7. The quantitative estimate of drug-likeness (QED) is 0.0827. The summed E-state index contributed by atoms with van der Waals surface area (Å²) >= 11 is 0. The zero-order chi connectivity index (χ0) is 83.9. The van der Waals surface area contributed by atoms with Crippen LogP contribution in [0.1, 0.15) is 232 Å². The molecule has 0 bridgehead atoms.